The molecule has 0 radical (unpaired) electrons. The normalized spacial score (nSPS) is 10.1. The van der Waals surface area contributed by atoms with Crippen molar-refractivity contribution in [2.24, 2.45) is 0 Å². The van der Waals surface area contributed by atoms with Gasteiger partial charge >= 0.3 is 0 Å². The Labute approximate surface area is 197 Å². The van der Waals surface area contributed by atoms with Crippen LogP contribution in [0.3, 0.4) is 0 Å². The van der Waals surface area contributed by atoms with Crippen molar-refractivity contribution in [1.82, 2.24) is 10.9 Å². The van der Waals surface area contributed by atoms with Crippen molar-refractivity contribution in [2.45, 2.75) is 6.92 Å². The van der Waals surface area contributed by atoms with Gasteiger partial charge in [0.1, 0.15) is 0 Å². The molecule has 176 valence electrons. The fourth-order valence-electron chi connectivity index (χ4n) is 3.20. The number of amides is 3. The third-order valence-electron chi connectivity index (χ3n) is 4.88. The largest absolute Gasteiger partial charge is 0.493 e. The van der Waals surface area contributed by atoms with E-state index in [4.69, 9.17) is 14.2 Å². The lowest BCUT2D eigenvalue weighted by Crippen LogP contribution is -2.41. The molecule has 9 heteroatoms. The number of hydrazine groups is 1. The maximum Gasteiger partial charge on any atom is 0.269 e. The smallest absolute Gasteiger partial charge is 0.269 e. The van der Waals surface area contributed by atoms with Crippen LogP contribution in [0.5, 0.6) is 17.2 Å². The van der Waals surface area contributed by atoms with Crippen LogP contribution in [-0.4, -0.2) is 39.1 Å². The summed E-state index contributed by atoms with van der Waals surface area (Å²) in [5.74, 6) is -0.498. The summed E-state index contributed by atoms with van der Waals surface area (Å²) in [4.78, 5) is 37.6. The Hall–Kier alpha value is -4.53. The van der Waals surface area contributed by atoms with Gasteiger partial charge in [-0.15, -0.1) is 0 Å². The first-order valence-electron chi connectivity index (χ1n) is 10.2. The first-order valence-corrected chi connectivity index (χ1v) is 10.2. The van der Waals surface area contributed by atoms with E-state index < -0.39 is 11.8 Å². The molecule has 9 nitrogen and oxygen atoms in total. The molecule has 3 aromatic carbocycles. The van der Waals surface area contributed by atoms with Gasteiger partial charge in [0.2, 0.25) is 5.75 Å². The Morgan fingerprint density at radius 1 is 0.647 bits per heavy atom. The van der Waals surface area contributed by atoms with Gasteiger partial charge in [-0.2, -0.15) is 0 Å². The van der Waals surface area contributed by atoms with E-state index in [1.807, 2.05) is 13.0 Å². The lowest BCUT2D eigenvalue weighted by molar-refractivity contribution is 0.0846. The van der Waals surface area contributed by atoms with Crippen molar-refractivity contribution in [3.8, 4) is 17.2 Å². The van der Waals surface area contributed by atoms with Gasteiger partial charge in [-0.05, 0) is 49.4 Å². The van der Waals surface area contributed by atoms with Crippen molar-refractivity contribution in [2.75, 3.05) is 26.6 Å². The second-order valence-electron chi connectivity index (χ2n) is 7.23. The SMILES string of the molecule is COc1cc(C(=O)NNC(=O)c2cccc(NC(=O)c3cccc(C)c3)c2)cc(OC)c1OC. The van der Waals surface area contributed by atoms with Crippen molar-refractivity contribution in [3.63, 3.8) is 0 Å². The maximum atomic E-state index is 12.6. The average molecular weight is 463 g/mol. The highest BCUT2D eigenvalue weighted by molar-refractivity contribution is 6.05. The number of rotatable bonds is 7. The summed E-state index contributed by atoms with van der Waals surface area (Å²) in [5, 5.41) is 2.76. The molecule has 0 aliphatic heterocycles. The van der Waals surface area contributed by atoms with Crippen LogP contribution in [0.1, 0.15) is 36.6 Å². The quantitative estimate of drug-likeness (QED) is 0.463. The zero-order chi connectivity index (χ0) is 24.7. The predicted molar refractivity (Wildman–Crippen MR) is 127 cm³/mol. The van der Waals surface area contributed by atoms with Gasteiger partial charge in [-0.25, -0.2) is 0 Å². The molecule has 0 spiro atoms. The van der Waals surface area contributed by atoms with Crippen LogP contribution in [0, 0.1) is 6.92 Å². The minimum absolute atomic E-state index is 0.189. The van der Waals surface area contributed by atoms with Crippen LogP contribution >= 0.6 is 0 Å². The van der Waals surface area contributed by atoms with Gasteiger partial charge < -0.3 is 19.5 Å². The zero-order valence-corrected chi connectivity index (χ0v) is 19.2. The van der Waals surface area contributed by atoms with Gasteiger partial charge in [0.15, 0.2) is 11.5 Å². The molecular formula is C25H25N3O6. The van der Waals surface area contributed by atoms with E-state index in [0.29, 0.717) is 28.5 Å². The Bertz CT molecular complexity index is 1200. The summed E-state index contributed by atoms with van der Waals surface area (Å²) in [5.41, 5.74) is 7.05. The van der Waals surface area contributed by atoms with E-state index in [1.165, 1.54) is 39.5 Å². The standard InChI is InChI=1S/C25H25N3O6/c1-15-7-5-8-16(11-15)23(29)26-19-10-6-9-17(12-19)24(30)27-28-25(31)18-13-20(32-2)22(34-4)21(14-18)33-3/h5-14H,1-4H3,(H,26,29)(H,27,30)(H,28,31). The van der Waals surface area contributed by atoms with Crippen LogP contribution in [-0.2, 0) is 0 Å². The molecule has 0 bridgehead atoms. The van der Waals surface area contributed by atoms with E-state index in [2.05, 4.69) is 16.2 Å². The molecule has 0 saturated carbocycles. The average Bonchev–Trinajstić information content (AvgIpc) is 2.86. The number of nitrogens with one attached hydrogen (secondary N) is 3. The fraction of sp³-hybridized carbons (Fsp3) is 0.160. The van der Waals surface area contributed by atoms with Crippen LogP contribution in [0.4, 0.5) is 5.69 Å². The molecule has 0 aromatic heterocycles. The molecule has 34 heavy (non-hydrogen) atoms. The third-order valence-corrected chi connectivity index (χ3v) is 4.88. The molecule has 3 rings (SSSR count). The summed E-state index contributed by atoms with van der Waals surface area (Å²) in [6.45, 7) is 1.90. The van der Waals surface area contributed by atoms with Gasteiger partial charge in [0, 0.05) is 22.4 Å². The highest BCUT2D eigenvalue weighted by Gasteiger charge is 2.18. The number of hydrogen-bond donors (Lipinski definition) is 3. The summed E-state index contributed by atoms with van der Waals surface area (Å²) in [7, 11) is 4.33. The Morgan fingerprint density at radius 3 is 1.76 bits per heavy atom. The van der Waals surface area contributed by atoms with Crippen LogP contribution < -0.4 is 30.4 Å². The lowest BCUT2D eigenvalue weighted by Gasteiger charge is -2.14. The van der Waals surface area contributed by atoms with Crippen molar-refractivity contribution < 1.29 is 28.6 Å². The van der Waals surface area contributed by atoms with Crippen molar-refractivity contribution in [3.05, 3.63) is 82.9 Å². The third kappa shape index (κ3) is 5.63. The Morgan fingerprint density at radius 2 is 1.21 bits per heavy atom. The Balaban J connectivity index is 1.67. The summed E-state index contributed by atoms with van der Waals surface area (Å²) in [6.07, 6.45) is 0. The molecule has 0 aliphatic rings. The molecule has 0 saturated heterocycles. The van der Waals surface area contributed by atoms with E-state index in [1.54, 1.807) is 36.4 Å². The van der Waals surface area contributed by atoms with Crippen molar-refractivity contribution >= 4 is 23.4 Å². The van der Waals surface area contributed by atoms with Crippen LogP contribution in [0.15, 0.2) is 60.7 Å². The number of anilines is 1. The number of aryl methyl sites for hydroxylation is 1. The molecule has 3 aromatic rings. The first kappa shape index (κ1) is 24.1. The minimum atomic E-state index is -0.587. The van der Waals surface area contributed by atoms with E-state index in [9.17, 15) is 14.4 Å². The first-order chi connectivity index (χ1) is 16.4. The van der Waals surface area contributed by atoms with Crippen molar-refractivity contribution in [1.29, 1.82) is 0 Å². The zero-order valence-electron chi connectivity index (χ0n) is 19.2. The summed E-state index contributed by atoms with van der Waals surface area (Å²) < 4.78 is 15.7. The van der Waals surface area contributed by atoms with E-state index in [-0.39, 0.29) is 17.0 Å². The Kier molecular flexibility index (Phi) is 7.71. The number of carbonyl (C=O) groups excluding carboxylic acids is 3. The maximum absolute atomic E-state index is 12.6. The van der Waals surface area contributed by atoms with Crippen LogP contribution in [0.2, 0.25) is 0 Å². The molecule has 0 fully saturated rings. The number of hydrogen-bond acceptors (Lipinski definition) is 6. The number of benzene rings is 3. The molecular weight excluding hydrogens is 438 g/mol. The summed E-state index contributed by atoms with van der Waals surface area (Å²) in [6, 6.07) is 16.5. The fourth-order valence-corrected chi connectivity index (χ4v) is 3.20. The summed E-state index contributed by atoms with van der Waals surface area (Å²) >= 11 is 0. The molecule has 3 amide bonds. The van der Waals surface area contributed by atoms with Gasteiger partial charge in [-0.1, -0.05) is 23.8 Å². The molecule has 3 N–H and O–H groups in total. The highest BCUT2D eigenvalue weighted by Crippen LogP contribution is 2.38. The second kappa shape index (κ2) is 10.9. The topological polar surface area (TPSA) is 115 Å². The van der Waals surface area contributed by atoms with E-state index in [0.717, 1.165) is 5.56 Å². The molecule has 0 aliphatic carbocycles. The lowest BCUT2D eigenvalue weighted by atomic mass is 10.1. The minimum Gasteiger partial charge on any atom is -0.493 e. The molecule has 0 unspecified atom stereocenters. The second-order valence-corrected chi connectivity index (χ2v) is 7.23. The molecule has 0 heterocycles. The van der Waals surface area contributed by atoms with Crippen LogP contribution in [0.25, 0.3) is 0 Å². The van der Waals surface area contributed by atoms with Gasteiger partial charge in [0.05, 0.1) is 21.3 Å². The van der Waals surface area contributed by atoms with Gasteiger partial charge in [-0.3, -0.25) is 25.2 Å². The number of methoxy groups -OCH3 is 3. The predicted octanol–water partition coefficient (Wildman–Crippen LogP) is 3.35. The highest BCUT2D eigenvalue weighted by atomic mass is 16.5. The number of carbonyl (C=O) groups is 3. The van der Waals surface area contributed by atoms with E-state index >= 15 is 0 Å². The monoisotopic (exact) mass is 463 g/mol. The molecule has 0 atom stereocenters. The van der Waals surface area contributed by atoms with Gasteiger partial charge in [0.25, 0.3) is 17.7 Å². The number of ether oxygens (including phenoxy) is 3.